The predicted molar refractivity (Wildman–Crippen MR) is 96.7 cm³/mol. The van der Waals surface area contributed by atoms with E-state index < -0.39 is 17.2 Å². The van der Waals surface area contributed by atoms with Gasteiger partial charge in [0.2, 0.25) is 0 Å². The molecule has 2 aromatic rings. The second kappa shape index (κ2) is 7.94. The Labute approximate surface area is 146 Å². The third-order valence-corrected chi connectivity index (χ3v) is 4.13. The third-order valence-electron chi connectivity index (χ3n) is 4.13. The largest absolute Gasteiger partial charge is 0.344 e. The van der Waals surface area contributed by atoms with Crippen LogP contribution in [0.3, 0.4) is 0 Å². The van der Waals surface area contributed by atoms with E-state index in [2.05, 4.69) is 5.32 Å². The molecule has 7 nitrogen and oxygen atoms in total. The molecule has 1 amide bonds. The van der Waals surface area contributed by atoms with Crippen LogP contribution in [0, 0.1) is 0 Å². The highest BCUT2D eigenvalue weighted by atomic mass is 16.2. The minimum Gasteiger partial charge on any atom is -0.344 e. The van der Waals surface area contributed by atoms with Crippen molar-refractivity contribution in [2.75, 3.05) is 20.6 Å². The van der Waals surface area contributed by atoms with Gasteiger partial charge < -0.3 is 10.2 Å². The Kier molecular flexibility index (Phi) is 5.93. The quantitative estimate of drug-likeness (QED) is 0.828. The Morgan fingerprint density at radius 2 is 1.76 bits per heavy atom. The van der Waals surface area contributed by atoms with Crippen molar-refractivity contribution in [2.45, 2.75) is 12.5 Å². The first-order chi connectivity index (χ1) is 11.8. The zero-order valence-electron chi connectivity index (χ0n) is 15.0. The summed E-state index contributed by atoms with van der Waals surface area (Å²) in [5.74, 6) is -0.440. The number of aromatic nitrogens is 2. The number of carbonyl (C=O) groups excluding carboxylic acids is 1. The molecule has 0 radical (unpaired) electrons. The summed E-state index contributed by atoms with van der Waals surface area (Å²) < 4.78 is 2.15. The zero-order valence-corrected chi connectivity index (χ0v) is 15.0. The van der Waals surface area contributed by atoms with Gasteiger partial charge in [0.05, 0.1) is 6.04 Å². The summed E-state index contributed by atoms with van der Waals surface area (Å²) in [5, 5.41) is 2.95. The van der Waals surface area contributed by atoms with Gasteiger partial charge >= 0.3 is 5.69 Å². The number of nitrogens with zero attached hydrogens (tertiary/aromatic N) is 3. The van der Waals surface area contributed by atoms with Crippen LogP contribution in [-0.4, -0.2) is 40.6 Å². The smallest absolute Gasteiger partial charge is 0.331 e. The average molecular weight is 344 g/mol. The van der Waals surface area contributed by atoms with Crippen LogP contribution in [0.25, 0.3) is 0 Å². The summed E-state index contributed by atoms with van der Waals surface area (Å²) in [6.07, 6.45) is 0.710. The maximum atomic E-state index is 12.7. The van der Waals surface area contributed by atoms with E-state index >= 15 is 0 Å². The van der Waals surface area contributed by atoms with Crippen molar-refractivity contribution in [3.8, 4) is 0 Å². The Balaban J connectivity index is 2.31. The van der Waals surface area contributed by atoms with Gasteiger partial charge in [-0.1, -0.05) is 30.3 Å². The Morgan fingerprint density at radius 1 is 1.12 bits per heavy atom. The number of hydrogen-bond acceptors (Lipinski definition) is 4. The van der Waals surface area contributed by atoms with E-state index in [0.29, 0.717) is 6.42 Å². The van der Waals surface area contributed by atoms with E-state index in [9.17, 15) is 14.4 Å². The molecule has 7 heteroatoms. The number of amides is 1. The summed E-state index contributed by atoms with van der Waals surface area (Å²) in [6.45, 7) is 0.787. The first-order valence-electron chi connectivity index (χ1n) is 8.09. The van der Waals surface area contributed by atoms with Crippen LogP contribution in [0.1, 0.15) is 28.5 Å². The van der Waals surface area contributed by atoms with E-state index in [1.807, 2.05) is 49.3 Å². The molecule has 25 heavy (non-hydrogen) atoms. The Bertz CT molecular complexity index is 853. The maximum absolute atomic E-state index is 12.7. The fourth-order valence-corrected chi connectivity index (χ4v) is 2.58. The first-order valence-corrected chi connectivity index (χ1v) is 8.09. The summed E-state index contributed by atoms with van der Waals surface area (Å²) in [5.41, 5.74) is 0.00502. The maximum Gasteiger partial charge on any atom is 0.331 e. The second-order valence-electron chi connectivity index (χ2n) is 6.30. The fraction of sp³-hybridized carbons (Fsp3) is 0.389. The predicted octanol–water partition coefficient (Wildman–Crippen LogP) is 0.507. The molecule has 0 unspecified atom stereocenters. The molecule has 1 aromatic carbocycles. The molecule has 0 saturated heterocycles. The lowest BCUT2D eigenvalue weighted by atomic mass is 10.0. The Hall–Kier alpha value is -2.67. The second-order valence-corrected chi connectivity index (χ2v) is 6.30. The van der Waals surface area contributed by atoms with E-state index in [4.69, 9.17) is 0 Å². The monoisotopic (exact) mass is 344 g/mol. The normalized spacial score (nSPS) is 12.2. The van der Waals surface area contributed by atoms with Crippen molar-refractivity contribution in [2.24, 2.45) is 14.1 Å². The minimum atomic E-state index is -0.526. The van der Waals surface area contributed by atoms with Gasteiger partial charge in [0, 0.05) is 20.2 Å². The summed E-state index contributed by atoms with van der Waals surface area (Å²) in [4.78, 5) is 38.6. The van der Waals surface area contributed by atoms with Crippen molar-refractivity contribution < 1.29 is 4.79 Å². The molecule has 1 atom stereocenters. The SMILES string of the molecule is CN(C)CC[C@@H](NC(=O)c1cc(=O)n(C)c(=O)n1C)c1ccccc1. The fourth-order valence-electron chi connectivity index (χ4n) is 2.58. The van der Waals surface area contributed by atoms with Crippen LogP contribution in [0.2, 0.25) is 0 Å². The van der Waals surface area contributed by atoms with Gasteiger partial charge in [-0.05, 0) is 32.6 Å². The highest BCUT2D eigenvalue weighted by Gasteiger charge is 2.19. The molecule has 1 N–H and O–H groups in total. The topological polar surface area (TPSA) is 76.3 Å². The van der Waals surface area contributed by atoms with E-state index in [-0.39, 0.29) is 11.7 Å². The number of nitrogens with one attached hydrogen (secondary N) is 1. The lowest BCUT2D eigenvalue weighted by Crippen LogP contribution is -2.42. The molecular formula is C18H24N4O3. The van der Waals surface area contributed by atoms with Crippen LogP contribution in [-0.2, 0) is 14.1 Å². The molecule has 0 aliphatic heterocycles. The molecule has 0 spiro atoms. The number of benzene rings is 1. The highest BCUT2D eigenvalue weighted by Crippen LogP contribution is 2.17. The number of rotatable bonds is 6. The van der Waals surface area contributed by atoms with Gasteiger partial charge in [-0.2, -0.15) is 0 Å². The van der Waals surface area contributed by atoms with Crippen LogP contribution in [0.15, 0.2) is 46.0 Å². The minimum absolute atomic E-state index is 0.0545. The molecule has 0 bridgehead atoms. The molecule has 0 aliphatic carbocycles. The zero-order chi connectivity index (χ0) is 18.6. The van der Waals surface area contributed by atoms with Gasteiger partial charge in [-0.25, -0.2) is 4.79 Å². The van der Waals surface area contributed by atoms with E-state index in [1.165, 1.54) is 24.7 Å². The molecule has 0 fully saturated rings. The molecule has 0 aliphatic rings. The van der Waals surface area contributed by atoms with E-state index in [0.717, 1.165) is 16.7 Å². The van der Waals surface area contributed by atoms with Crippen LogP contribution >= 0.6 is 0 Å². The van der Waals surface area contributed by atoms with Gasteiger partial charge in [0.1, 0.15) is 5.69 Å². The van der Waals surface area contributed by atoms with Crippen LogP contribution in [0.4, 0.5) is 0 Å². The third kappa shape index (κ3) is 4.45. The van der Waals surface area contributed by atoms with Crippen molar-refractivity contribution in [3.63, 3.8) is 0 Å². The van der Waals surface area contributed by atoms with E-state index in [1.54, 1.807) is 0 Å². The number of carbonyl (C=O) groups is 1. The molecule has 1 heterocycles. The first kappa shape index (κ1) is 18.7. The summed E-state index contributed by atoms with van der Waals surface area (Å²) in [7, 11) is 6.80. The Morgan fingerprint density at radius 3 is 2.36 bits per heavy atom. The molecule has 2 rings (SSSR count). The standard InChI is InChI=1S/C18H24N4O3/c1-20(2)11-10-14(13-8-6-5-7-9-13)19-17(24)15-12-16(23)22(4)18(25)21(15)3/h5-9,12,14H,10-11H2,1-4H3,(H,19,24)/t14-/m1/s1. The molecule has 134 valence electrons. The van der Waals surface area contributed by atoms with Crippen molar-refractivity contribution in [1.82, 2.24) is 19.4 Å². The highest BCUT2D eigenvalue weighted by molar-refractivity contribution is 5.92. The molecule has 1 aromatic heterocycles. The molecular weight excluding hydrogens is 320 g/mol. The summed E-state index contributed by atoms with van der Waals surface area (Å²) >= 11 is 0. The van der Waals surface area contributed by atoms with Gasteiger partial charge in [-0.15, -0.1) is 0 Å². The average Bonchev–Trinajstić information content (AvgIpc) is 2.60. The van der Waals surface area contributed by atoms with Gasteiger partial charge in [-0.3, -0.25) is 18.7 Å². The van der Waals surface area contributed by atoms with Crippen LogP contribution < -0.4 is 16.6 Å². The van der Waals surface area contributed by atoms with Gasteiger partial charge in [0.25, 0.3) is 11.5 Å². The summed E-state index contributed by atoms with van der Waals surface area (Å²) in [6, 6.07) is 10.6. The van der Waals surface area contributed by atoms with Gasteiger partial charge in [0.15, 0.2) is 0 Å². The number of hydrogen-bond donors (Lipinski definition) is 1. The lowest BCUT2D eigenvalue weighted by molar-refractivity contribution is 0.0922. The van der Waals surface area contributed by atoms with Crippen molar-refractivity contribution >= 4 is 5.91 Å². The van der Waals surface area contributed by atoms with Crippen molar-refractivity contribution in [1.29, 1.82) is 0 Å². The molecule has 0 saturated carbocycles. The van der Waals surface area contributed by atoms with Crippen LogP contribution in [0.5, 0.6) is 0 Å². The van der Waals surface area contributed by atoms with Crippen molar-refractivity contribution in [3.05, 3.63) is 68.5 Å². The lowest BCUT2D eigenvalue weighted by Gasteiger charge is -2.22.